The molecule has 0 spiro atoms. The molecule has 2 aromatic rings. The number of nitrogens with zero attached hydrogens (tertiary/aromatic N) is 1. The largest absolute Gasteiger partial charge is 0.476 e. The van der Waals surface area contributed by atoms with Crippen molar-refractivity contribution in [1.82, 2.24) is 4.98 Å². The van der Waals surface area contributed by atoms with Crippen molar-refractivity contribution < 1.29 is 24.2 Å². The summed E-state index contributed by atoms with van der Waals surface area (Å²) in [6.45, 7) is 0. The minimum Gasteiger partial charge on any atom is -0.476 e. The van der Waals surface area contributed by atoms with Crippen molar-refractivity contribution in [2.75, 3.05) is 0 Å². The number of aromatic carboxylic acids is 2. The van der Waals surface area contributed by atoms with Crippen molar-refractivity contribution in [1.29, 1.82) is 0 Å². The van der Waals surface area contributed by atoms with Gasteiger partial charge in [0.15, 0.2) is 0 Å². The Hall–Kier alpha value is -1.86. The minimum atomic E-state index is -1.51. The van der Waals surface area contributed by atoms with Gasteiger partial charge in [0.2, 0.25) is 17.3 Å². The lowest BCUT2D eigenvalue weighted by atomic mass is 10.2. The molecule has 1 aromatic carbocycles. The molecule has 0 saturated carbocycles. The van der Waals surface area contributed by atoms with Gasteiger partial charge in [-0.2, -0.15) is 0 Å². The average molecular weight is 347 g/mol. The maximum Gasteiger partial charge on any atom is 0.374 e. The van der Waals surface area contributed by atoms with Crippen molar-refractivity contribution in [2.24, 2.45) is 0 Å². The van der Waals surface area contributed by atoms with Gasteiger partial charge in [-0.05, 0) is 28.1 Å². The molecule has 2 rings (SSSR count). The third-order valence-electron chi connectivity index (χ3n) is 2.21. The highest BCUT2D eigenvalue weighted by molar-refractivity contribution is 9.10. The van der Waals surface area contributed by atoms with E-state index >= 15 is 0 Å². The van der Waals surface area contributed by atoms with Crippen LogP contribution in [0.1, 0.15) is 21.0 Å². The molecule has 19 heavy (non-hydrogen) atoms. The second kappa shape index (κ2) is 5.02. The van der Waals surface area contributed by atoms with Crippen LogP contribution in [0.5, 0.6) is 0 Å². The monoisotopic (exact) mass is 345 g/mol. The molecule has 6 nitrogen and oxygen atoms in total. The summed E-state index contributed by atoms with van der Waals surface area (Å²) in [6.07, 6.45) is 0. The summed E-state index contributed by atoms with van der Waals surface area (Å²) in [5.74, 6) is -3.90. The Balaban J connectivity index is 2.64. The van der Waals surface area contributed by atoms with E-state index in [2.05, 4.69) is 20.9 Å². The first kappa shape index (κ1) is 13.6. The van der Waals surface area contributed by atoms with E-state index in [1.165, 1.54) is 6.07 Å². The fraction of sp³-hybridized carbons (Fsp3) is 0. The number of rotatable bonds is 3. The summed E-state index contributed by atoms with van der Waals surface area (Å²) in [7, 11) is 0. The number of benzene rings is 1. The molecule has 0 aliphatic carbocycles. The Morgan fingerprint density at radius 1 is 1.26 bits per heavy atom. The van der Waals surface area contributed by atoms with Gasteiger partial charge in [0.05, 0.1) is 10.6 Å². The van der Waals surface area contributed by atoms with Gasteiger partial charge in [0.1, 0.15) is 0 Å². The van der Waals surface area contributed by atoms with Gasteiger partial charge in [-0.3, -0.25) is 0 Å². The first-order chi connectivity index (χ1) is 8.91. The zero-order chi connectivity index (χ0) is 14.2. The van der Waals surface area contributed by atoms with Gasteiger partial charge >= 0.3 is 11.9 Å². The molecule has 98 valence electrons. The van der Waals surface area contributed by atoms with Crippen LogP contribution in [-0.4, -0.2) is 27.1 Å². The van der Waals surface area contributed by atoms with E-state index in [0.29, 0.717) is 10.0 Å². The fourth-order valence-electron chi connectivity index (χ4n) is 1.39. The van der Waals surface area contributed by atoms with E-state index in [9.17, 15) is 9.59 Å². The maximum absolute atomic E-state index is 10.9. The van der Waals surface area contributed by atoms with Crippen molar-refractivity contribution in [3.63, 3.8) is 0 Å². The number of oxazole rings is 1. The second-order valence-corrected chi connectivity index (χ2v) is 4.64. The van der Waals surface area contributed by atoms with E-state index in [1.54, 1.807) is 12.1 Å². The normalized spacial score (nSPS) is 10.4. The Morgan fingerprint density at radius 2 is 1.95 bits per heavy atom. The zero-order valence-corrected chi connectivity index (χ0v) is 11.4. The Kier molecular flexibility index (Phi) is 3.59. The van der Waals surface area contributed by atoms with Crippen LogP contribution in [0, 0.1) is 0 Å². The Labute approximate surface area is 119 Å². The summed E-state index contributed by atoms with van der Waals surface area (Å²) >= 11 is 9.20. The molecule has 0 unspecified atom stereocenters. The van der Waals surface area contributed by atoms with Crippen LogP contribution in [0.25, 0.3) is 11.5 Å². The standard InChI is InChI=1S/C11H5BrClNO5/c12-5-3-1-2-4(6(5)13)9-14-7(10(15)16)8(19-9)11(17)18/h1-3H,(H,15,16)(H,17,18). The number of aromatic nitrogens is 1. The van der Waals surface area contributed by atoms with Crippen LogP contribution in [0.2, 0.25) is 5.02 Å². The predicted octanol–water partition coefficient (Wildman–Crippen LogP) is 3.15. The molecule has 8 heteroatoms. The van der Waals surface area contributed by atoms with E-state index in [-0.39, 0.29) is 10.9 Å². The summed E-state index contributed by atoms with van der Waals surface area (Å²) in [5.41, 5.74) is -0.371. The van der Waals surface area contributed by atoms with Crippen molar-refractivity contribution in [3.8, 4) is 11.5 Å². The first-order valence-electron chi connectivity index (χ1n) is 4.83. The summed E-state index contributed by atoms with van der Waals surface area (Å²) in [4.78, 5) is 25.4. The van der Waals surface area contributed by atoms with E-state index < -0.39 is 23.4 Å². The van der Waals surface area contributed by atoms with Crippen LogP contribution >= 0.6 is 27.5 Å². The maximum atomic E-state index is 10.9. The summed E-state index contributed by atoms with van der Waals surface area (Å²) in [6, 6.07) is 4.84. The molecule has 0 fully saturated rings. The molecule has 0 atom stereocenters. The van der Waals surface area contributed by atoms with Gasteiger partial charge in [-0.25, -0.2) is 14.6 Å². The third kappa shape index (κ3) is 2.47. The molecule has 0 saturated heterocycles. The number of carboxylic acids is 2. The molecule has 0 bridgehead atoms. The Bertz CT molecular complexity index is 650. The average Bonchev–Trinajstić information content (AvgIpc) is 2.77. The molecule has 0 amide bonds. The van der Waals surface area contributed by atoms with E-state index in [4.69, 9.17) is 26.2 Å². The van der Waals surface area contributed by atoms with Gasteiger partial charge in [-0.15, -0.1) is 0 Å². The van der Waals surface area contributed by atoms with Crippen LogP contribution < -0.4 is 0 Å². The number of halogens is 2. The zero-order valence-electron chi connectivity index (χ0n) is 9.05. The van der Waals surface area contributed by atoms with Gasteiger partial charge in [0.25, 0.3) is 0 Å². The molecule has 0 aliphatic rings. The molecule has 0 aliphatic heterocycles. The second-order valence-electron chi connectivity index (χ2n) is 3.41. The molecular weight excluding hydrogens is 341 g/mol. The quantitative estimate of drug-likeness (QED) is 0.885. The molecule has 2 N–H and O–H groups in total. The van der Waals surface area contributed by atoms with E-state index in [1.807, 2.05) is 0 Å². The van der Waals surface area contributed by atoms with Crippen LogP contribution in [0.4, 0.5) is 0 Å². The van der Waals surface area contributed by atoms with Crippen LogP contribution in [0.15, 0.2) is 27.1 Å². The van der Waals surface area contributed by atoms with Crippen molar-refractivity contribution in [3.05, 3.63) is 39.1 Å². The number of hydrogen-bond donors (Lipinski definition) is 2. The first-order valence-corrected chi connectivity index (χ1v) is 6.00. The highest BCUT2D eigenvalue weighted by Gasteiger charge is 2.26. The van der Waals surface area contributed by atoms with Gasteiger partial charge in [-0.1, -0.05) is 17.7 Å². The SMILES string of the molecule is O=C(O)c1nc(-c2cccc(Br)c2Cl)oc1C(=O)O. The van der Waals surface area contributed by atoms with Gasteiger partial charge < -0.3 is 14.6 Å². The van der Waals surface area contributed by atoms with Gasteiger partial charge in [0, 0.05) is 4.47 Å². The number of carbonyl (C=O) groups is 2. The van der Waals surface area contributed by atoms with Crippen LogP contribution in [0.3, 0.4) is 0 Å². The van der Waals surface area contributed by atoms with E-state index in [0.717, 1.165) is 0 Å². The minimum absolute atomic E-state index is 0.166. The topological polar surface area (TPSA) is 101 Å². The van der Waals surface area contributed by atoms with Crippen molar-refractivity contribution >= 4 is 39.5 Å². The Morgan fingerprint density at radius 3 is 2.47 bits per heavy atom. The molecule has 1 aromatic heterocycles. The molecule has 0 radical (unpaired) electrons. The molecule has 1 heterocycles. The van der Waals surface area contributed by atoms with Crippen LogP contribution in [-0.2, 0) is 0 Å². The summed E-state index contributed by atoms with van der Waals surface area (Å²) in [5, 5.41) is 18.0. The predicted molar refractivity (Wildman–Crippen MR) is 68.6 cm³/mol. The molecular formula is C11H5BrClNO5. The number of carboxylic acid groups (broad SMARTS) is 2. The number of hydrogen-bond acceptors (Lipinski definition) is 4. The third-order valence-corrected chi connectivity index (χ3v) is 3.50. The smallest absolute Gasteiger partial charge is 0.374 e. The lowest BCUT2D eigenvalue weighted by molar-refractivity contribution is 0.0624. The lowest BCUT2D eigenvalue weighted by Crippen LogP contribution is -2.05. The highest BCUT2D eigenvalue weighted by Crippen LogP contribution is 2.34. The lowest BCUT2D eigenvalue weighted by Gasteiger charge is -2.00. The summed E-state index contributed by atoms with van der Waals surface area (Å²) < 4.78 is 5.52. The fourth-order valence-corrected chi connectivity index (χ4v) is 1.97. The van der Waals surface area contributed by atoms with Crippen molar-refractivity contribution in [2.45, 2.75) is 0 Å². The highest BCUT2D eigenvalue weighted by atomic mass is 79.9.